The van der Waals surface area contributed by atoms with E-state index >= 15 is 0 Å². The molecule has 1 fully saturated rings. The second kappa shape index (κ2) is 5.31. The van der Waals surface area contributed by atoms with E-state index in [0.29, 0.717) is 12.1 Å². The number of aryl methyl sites for hydroxylation is 2. The molecule has 2 heteroatoms. The molecule has 1 N–H and O–H groups in total. The van der Waals surface area contributed by atoms with Crippen LogP contribution in [-0.4, -0.2) is 19.2 Å². The fourth-order valence-electron chi connectivity index (χ4n) is 3.28. The summed E-state index contributed by atoms with van der Waals surface area (Å²) in [5.41, 5.74) is 3.05. The highest BCUT2D eigenvalue weighted by molar-refractivity contribution is 5.37. The van der Waals surface area contributed by atoms with Crippen molar-refractivity contribution >= 4 is 0 Å². The molecule has 0 aliphatic heterocycles. The summed E-state index contributed by atoms with van der Waals surface area (Å²) in [5, 5.41) is 3.35. The number of fused-ring (bicyclic) bond motifs is 1. The summed E-state index contributed by atoms with van der Waals surface area (Å²) in [6.45, 7) is 0. The van der Waals surface area contributed by atoms with Gasteiger partial charge in [-0.15, -0.1) is 0 Å². The van der Waals surface area contributed by atoms with E-state index < -0.39 is 0 Å². The van der Waals surface area contributed by atoms with E-state index in [1.165, 1.54) is 49.7 Å². The van der Waals surface area contributed by atoms with Gasteiger partial charge in [0, 0.05) is 6.04 Å². The van der Waals surface area contributed by atoms with Crippen molar-refractivity contribution in [2.45, 2.75) is 57.1 Å². The van der Waals surface area contributed by atoms with Crippen LogP contribution in [0.5, 0.6) is 5.75 Å². The van der Waals surface area contributed by atoms with Gasteiger partial charge in [-0.05, 0) is 75.3 Å². The van der Waals surface area contributed by atoms with Crippen LogP contribution in [0.25, 0.3) is 0 Å². The Morgan fingerprint density at radius 3 is 2.72 bits per heavy atom. The van der Waals surface area contributed by atoms with Gasteiger partial charge in [0.25, 0.3) is 0 Å². The highest BCUT2D eigenvalue weighted by Crippen LogP contribution is 2.28. The van der Waals surface area contributed by atoms with Gasteiger partial charge in [0.15, 0.2) is 0 Å². The van der Waals surface area contributed by atoms with Gasteiger partial charge >= 0.3 is 0 Å². The van der Waals surface area contributed by atoms with E-state index in [1.54, 1.807) is 0 Å². The van der Waals surface area contributed by atoms with Crippen LogP contribution in [0.2, 0.25) is 0 Å². The molecular formula is C16H23NO. The van der Waals surface area contributed by atoms with Crippen LogP contribution in [-0.2, 0) is 12.8 Å². The zero-order valence-corrected chi connectivity index (χ0v) is 11.2. The third-order valence-corrected chi connectivity index (χ3v) is 4.42. The summed E-state index contributed by atoms with van der Waals surface area (Å²) in [7, 11) is 2.05. The number of benzene rings is 1. The van der Waals surface area contributed by atoms with E-state index in [-0.39, 0.29) is 0 Å². The molecule has 0 amide bonds. The first-order valence-corrected chi connectivity index (χ1v) is 7.31. The lowest BCUT2D eigenvalue weighted by Gasteiger charge is -2.19. The average Bonchev–Trinajstić information content (AvgIpc) is 2.86. The fourth-order valence-corrected chi connectivity index (χ4v) is 3.28. The van der Waals surface area contributed by atoms with Crippen molar-refractivity contribution in [3.8, 4) is 5.75 Å². The van der Waals surface area contributed by atoms with Gasteiger partial charge in [-0.1, -0.05) is 6.07 Å². The summed E-state index contributed by atoms with van der Waals surface area (Å²) < 4.78 is 6.13. The van der Waals surface area contributed by atoms with Crippen LogP contribution in [0.4, 0.5) is 0 Å². The van der Waals surface area contributed by atoms with Crippen LogP contribution >= 0.6 is 0 Å². The summed E-state index contributed by atoms with van der Waals surface area (Å²) in [6.07, 6.45) is 9.14. The minimum Gasteiger partial charge on any atom is -0.490 e. The molecule has 2 aliphatic rings. The largest absolute Gasteiger partial charge is 0.490 e. The second-order valence-corrected chi connectivity index (χ2v) is 5.68. The molecule has 1 aromatic rings. The first-order valence-electron chi connectivity index (χ1n) is 7.31. The van der Waals surface area contributed by atoms with Crippen molar-refractivity contribution in [2.24, 2.45) is 0 Å². The summed E-state index contributed by atoms with van der Waals surface area (Å²) in [4.78, 5) is 0. The van der Waals surface area contributed by atoms with Crippen molar-refractivity contribution in [3.63, 3.8) is 0 Å². The third kappa shape index (κ3) is 2.54. The Hall–Kier alpha value is -1.02. The molecule has 2 atom stereocenters. The Kier molecular flexibility index (Phi) is 3.55. The monoisotopic (exact) mass is 245 g/mol. The van der Waals surface area contributed by atoms with Crippen LogP contribution in [0, 0.1) is 0 Å². The van der Waals surface area contributed by atoms with Crippen LogP contribution in [0.1, 0.15) is 43.2 Å². The van der Waals surface area contributed by atoms with Crippen molar-refractivity contribution < 1.29 is 4.74 Å². The smallest absolute Gasteiger partial charge is 0.120 e. The molecule has 0 bridgehead atoms. The van der Waals surface area contributed by atoms with Crippen molar-refractivity contribution in [2.75, 3.05) is 7.05 Å². The molecule has 2 nitrogen and oxygen atoms in total. The molecule has 0 spiro atoms. The Bertz CT molecular complexity index is 416. The lowest BCUT2D eigenvalue weighted by atomic mass is 9.92. The molecule has 1 aromatic carbocycles. The van der Waals surface area contributed by atoms with Gasteiger partial charge < -0.3 is 10.1 Å². The van der Waals surface area contributed by atoms with Crippen molar-refractivity contribution in [3.05, 3.63) is 29.3 Å². The lowest BCUT2D eigenvalue weighted by molar-refractivity contribution is 0.206. The second-order valence-electron chi connectivity index (χ2n) is 5.68. The molecule has 2 unspecified atom stereocenters. The van der Waals surface area contributed by atoms with E-state index in [1.807, 2.05) is 7.05 Å². The Morgan fingerprint density at radius 1 is 1.11 bits per heavy atom. The molecule has 0 radical (unpaired) electrons. The van der Waals surface area contributed by atoms with E-state index in [9.17, 15) is 0 Å². The molecule has 3 rings (SSSR count). The predicted octanol–water partition coefficient (Wildman–Crippen LogP) is 3.08. The molecule has 1 saturated carbocycles. The number of nitrogens with one attached hydrogen (secondary N) is 1. The SMILES string of the molecule is CNC1CCC(Oc2ccc3c(c2)CCCC3)C1. The standard InChI is InChI=1S/C16H23NO/c1-17-14-7-9-16(11-14)18-15-8-6-12-4-2-3-5-13(12)10-15/h6,8,10,14,16-17H,2-5,7,9,11H2,1H3. The van der Waals surface area contributed by atoms with Gasteiger partial charge in [-0.2, -0.15) is 0 Å². The molecule has 98 valence electrons. The highest BCUT2D eigenvalue weighted by atomic mass is 16.5. The first kappa shape index (κ1) is 12.0. The van der Waals surface area contributed by atoms with Crippen LogP contribution in [0.15, 0.2) is 18.2 Å². The summed E-state index contributed by atoms with van der Waals surface area (Å²) >= 11 is 0. The lowest BCUT2D eigenvalue weighted by Crippen LogP contribution is -2.23. The highest BCUT2D eigenvalue weighted by Gasteiger charge is 2.25. The quantitative estimate of drug-likeness (QED) is 0.883. The zero-order chi connectivity index (χ0) is 12.4. The number of hydrogen-bond donors (Lipinski definition) is 1. The van der Waals surface area contributed by atoms with E-state index in [4.69, 9.17) is 4.74 Å². The molecule has 0 saturated heterocycles. The van der Waals surface area contributed by atoms with Gasteiger partial charge in [0.1, 0.15) is 11.9 Å². The third-order valence-electron chi connectivity index (χ3n) is 4.42. The number of ether oxygens (including phenoxy) is 1. The van der Waals surface area contributed by atoms with Crippen LogP contribution in [0.3, 0.4) is 0 Å². The summed E-state index contributed by atoms with van der Waals surface area (Å²) in [5.74, 6) is 1.08. The maximum atomic E-state index is 6.13. The Labute approximate surface area is 110 Å². The van der Waals surface area contributed by atoms with Gasteiger partial charge in [-0.25, -0.2) is 0 Å². The maximum absolute atomic E-state index is 6.13. The van der Waals surface area contributed by atoms with E-state index in [2.05, 4.69) is 23.5 Å². The predicted molar refractivity (Wildman–Crippen MR) is 74.2 cm³/mol. The van der Waals surface area contributed by atoms with Gasteiger partial charge in [-0.3, -0.25) is 0 Å². The van der Waals surface area contributed by atoms with Crippen molar-refractivity contribution in [1.29, 1.82) is 0 Å². The minimum atomic E-state index is 0.407. The molecule has 0 aromatic heterocycles. The normalized spacial score (nSPS) is 26.9. The Morgan fingerprint density at radius 2 is 1.94 bits per heavy atom. The first-order chi connectivity index (χ1) is 8.85. The van der Waals surface area contributed by atoms with Crippen molar-refractivity contribution in [1.82, 2.24) is 5.32 Å². The van der Waals surface area contributed by atoms with Gasteiger partial charge in [0.05, 0.1) is 0 Å². The molecule has 2 aliphatic carbocycles. The number of hydrogen-bond acceptors (Lipinski definition) is 2. The number of rotatable bonds is 3. The van der Waals surface area contributed by atoms with E-state index in [0.717, 1.165) is 12.2 Å². The fraction of sp³-hybridized carbons (Fsp3) is 0.625. The molecular weight excluding hydrogens is 222 g/mol. The molecule has 18 heavy (non-hydrogen) atoms. The van der Waals surface area contributed by atoms with Crippen LogP contribution < -0.4 is 10.1 Å². The topological polar surface area (TPSA) is 21.3 Å². The zero-order valence-electron chi connectivity index (χ0n) is 11.2. The summed E-state index contributed by atoms with van der Waals surface area (Å²) in [6, 6.07) is 7.36. The van der Waals surface area contributed by atoms with Gasteiger partial charge in [0.2, 0.25) is 0 Å². The maximum Gasteiger partial charge on any atom is 0.120 e. The Balaban J connectivity index is 1.66. The minimum absolute atomic E-state index is 0.407. The average molecular weight is 245 g/mol. The molecule has 0 heterocycles.